The Kier molecular flexibility index (Phi) is 5.68. The number of hydrogen-bond acceptors (Lipinski definition) is 4. The zero-order chi connectivity index (χ0) is 24.0. The number of carboxylic acid groups (broad SMARTS) is 1. The van der Waals surface area contributed by atoms with Crippen molar-refractivity contribution in [2.75, 3.05) is 19.7 Å². The van der Waals surface area contributed by atoms with E-state index in [0.29, 0.717) is 0 Å². The summed E-state index contributed by atoms with van der Waals surface area (Å²) in [5, 5.41) is 12.1. The number of amides is 2. The number of aliphatic carboxylic acids is 1. The molecule has 2 aliphatic rings. The first-order valence-corrected chi connectivity index (χ1v) is 11.1. The van der Waals surface area contributed by atoms with Gasteiger partial charge in [0, 0.05) is 19.0 Å². The van der Waals surface area contributed by atoms with Crippen molar-refractivity contribution >= 4 is 18.0 Å². The summed E-state index contributed by atoms with van der Waals surface area (Å²) in [7, 11) is 0. The highest BCUT2D eigenvalue weighted by atomic mass is 16.5. The second-order valence-electron chi connectivity index (χ2n) is 10.3. The molecular weight excluding hydrogens is 420 g/mol. The third-order valence-corrected chi connectivity index (χ3v) is 6.63. The van der Waals surface area contributed by atoms with Crippen molar-refractivity contribution < 1.29 is 24.2 Å². The second kappa shape index (κ2) is 8.21. The van der Waals surface area contributed by atoms with Crippen LogP contribution in [0.15, 0.2) is 48.5 Å². The molecule has 0 saturated carbocycles. The van der Waals surface area contributed by atoms with Crippen molar-refractivity contribution in [2.24, 2.45) is 10.8 Å². The highest BCUT2D eigenvalue weighted by Crippen LogP contribution is 2.44. The molecule has 174 valence electrons. The van der Waals surface area contributed by atoms with Gasteiger partial charge in [-0.1, -0.05) is 69.3 Å². The van der Waals surface area contributed by atoms with Gasteiger partial charge in [-0.2, -0.15) is 0 Å². The number of likely N-dealkylation sites (tertiary alicyclic amines) is 1. The number of alkyl carbamates (subject to hydrolysis) is 1. The minimum atomic E-state index is -0.943. The Morgan fingerprint density at radius 2 is 1.58 bits per heavy atom. The number of rotatable bonds is 5. The predicted octanol–water partition coefficient (Wildman–Crippen LogP) is 3.87. The average molecular weight is 451 g/mol. The lowest BCUT2D eigenvalue weighted by Crippen LogP contribution is -2.65. The molecule has 7 nitrogen and oxygen atoms in total. The monoisotopic (exact) mass is 450 g/mol. The summed E-state index contributed by atoms with van der Waals surface area (Å²) in [5.74, 6) is -1.29. The van der Waals surface area contributed by atoms with Crippen LogP contribution in [0.3, 0.4) is 0 Å². The summed E-state index contributed by atoms with van der Waals surface area (Å²) in [6.45, 7) is 7.59. The van der Waals surface area contributed by atoms with Gasteiger partial charge in [0.1, 0.15) is 12.6 Å². The van der Waals surface area contributed by atoms with Crippen LogP contribution in [-0.2, 0) is 14.3 Å². The van der Waals surface area contributed by atoms with Gasteiger partial charge in [0.2, 0.25) is 5.91 Å². The molecule has 0 radical (unpaired) electrons. The van der Waals surface area contributed by atoms with Crippen LogP contribution >= 0.6 is 0 Å². The molecule has 1 aliphatic carbocycles. The third kappa shape index (κ3) is 4.19. The van der Waals surface area contributed by atoms with E-state index in [4.69, 9.17) is 4.74 Å². The van der Waals surface area contributed by atoms with E-state index in [2.05, 4.69) is 17.4 Å². The van der Waals surface area contributed by atoms with Crippen molar-refractivity contribution in [1.82, 2.24) is 10.2 Å². The molecule has 0 aromatic heterocycles. The van der Waals surface area contributed by atoms with Gasteiger partial charge in [-0.15, -0.1) is 0 Å². The molecule has 2 amide bonds. The number of hydrogen-bond donors (Lipinski definition) is 2. The van der Waals surface area contributed by atoms with Crippen LogP contribution in [0.25, 0.3) is 11.1 Å². The van der Waals surface area contributed by atoms with E-state index in [1.165, 1.54) is 4.90 Å². The van der Waals surface area contributed by atoms with E-state index in [1.807, 2.05) is 57.2 Å². The maximum atomic E-state index is 13.1. The maximum Gasteiger partial charge on any atom is 0.407 e. The van der Waals surface area contributed by atoms with Crippen LogP contribution < -0.4 is 5.32 Å². The smallest absolute Gasteiger partial charge is 0.407 e. The maximum absolute atomic E-state index is 13.1. The molecule has 2 aromatic rings. The highest BCUT2D eigenvalue weighted by Gasteiger charge is 2.50. The SMILES string of the molecule is CC1(C(=O)O)CN(C(=O)[C@H](NC(=O)OCC2c3ccccc3-c3ccccc32)C(C)(C)C)C1. The fourth-order valence-corrected chi connectivity index (χ4v) is 4.68. The van der Waals surface area contributed by atoms with Gasteiger partial charge in [-0.05, 0) is 34.6 Å². The van der Waals surface area contributed by atoms with Crippen molar-refractivity contribution in [2.45, 2.75) is 39.7 Å². The Morgan fingerprint density at radius 1 is 1.06 bits per heavy atom. The lowest BCUT2D eigenvalue weighted by Gasteiger charge is -2.47. The summed E-state index contributed by atoms with van der Waals surface area (Å²) in [4.78, 5) is 38.7. The van der Waals surface area contributed by atoms with Crippen LogP contribution in [0.4, 0.5) is 4.79 Å². The van der Waals surface area contributed by atoms with E-state index in [0.717, 1.165) is 22.3 Å². The van der Waals surface area contributed by atoms with Crippen molar-refractivity contribution in [3.05, 3.63) is 59.7 Å². The number of benzene rings is 2. The van der Waals surface area contributed by atoms with Crippen LogP contribution in [0.2, 0.25) is 0 Å². The molecule has 0 spiro atoms. The fourth-order valence-electron chi connectivity index (χ4n) is 4.68. The van der Waals surface area contributed by atoms with Gasteiger partial charge < -0.3 is 20.1 Å². The van der Waals surface area contributed by atoms with Gasteiger partial charge in [0.15, 0.2) is 0 Å². The number of fused-ring (bicyclic) bond motifs is 3. The molecule has 33 heavy (non-hydrogen) atoms. The predicted molar refractivity (Wildman–Crippen MR) is 124 cm³/mol. The Hall–Kier alpha value is -3.35. The molecular formula is C26H30N2O5. The summed E-state index contributed by atoms with van der Waals surface area (Å²) in [5.41, 5.74) is 3.00. The van der Waals surface area contributed by atoms with Crippen LogP contribution in [-0.4, -0.2) is 53.7 Å². The van der Waals surface area contributed by atoms with Crippen molar-refractivity contribution in [3.63, 3.8) is 0 Å². The van der Waals surface area contributed by atoms with E-state index >= 15 is 0 Å². The fraction of sp³-hybridized carbons (Fsp3) is 0.423. The van der Waals surface area contributed by atoms with Gasteiger partial charge in [0.25, 0.3) is 0 Å². The molecule has 7 heteroatoms. The number of carboxylic acids is 1. The molecule has 1 atom stereocenters. The Balaban J connectivity index is 1.43. The third-order valence-electron chi connectivity index (χ3n) is 6.63. The first kappa shape index (κ1) is 22.8. The second-order valence-corrected chi connectivity index (χ2v) is 10.3. The lowest BCUT2D eigenvalue weighted by molar-refractivity contribution is -0.165. The van der Waals surface area contributed by atoms with Crippen molar-refractivity contribution in [3.8, 4) is 11.1 Å². The normalized spacial score (nSPS) is 17.4. The zero-order valence-electron chi connectivity index (χ0n) is 19.4. The van der Waals surface area contributed by atoms with Crippen molar-refractivity contribution in [1.29, 1.82) is 0 Å². The summed E-state index contributed by atoms with van der Waals surface area (Å²) in [6, 6.07) is 15.4. The minimum Gasteiger partial charge on any atom is -0.481 e. The number of nitrogens with zero attached hydrogens (tertiary/aromatic N) is 1. The molecule has 1 heterocycles. The van der Waals surface area contributed by atoms with Gasteiger partial charge in [0.05, 0.1) is 5.41 Å². The van der Waals surface area contributed by atoms with Crippen LogP contribution in [0.1, 0.15) is 44.7 Å². The Bertz CT molecular complexity index is 1050. The standard InChI is InChI=1S/C26H30N2O5/c1-25(2,3)21(22(29)28-14-26(4,15-28)23(30)31)27-24(32)33-13-20-18-11-7-5-9-16(18)17-10-6-8-12-19(17)20/h5-12,20-21H,13-15H2,1-4H3,(H,27,32)(H,30,31)/t21-/m0/s1. The van der Waals surface area contributed by atoms with Gasteiger partial charge in [-0.25, -0.2) is 4.79 Å². The molecule has 1 fully saturated rings. The highest BCUT2D eigenvalue weighted by molar-refractivity contribution is 5.89. The Morgan fingerprint density at radius 3 is 2.06 bits per heavy atom. The first-order chi connectivity index (χ1) is 15.5. The van der Waals surface area contributed by atoms with Crippen LogP contribution in [0, 0.1) is 10.8 Å². The lowest BCUT2D eigenvalue weighted by atomic mass is 9.79. The number of carbonyl (C=O) groups is 3. The molecule has 0 bridgehead atoms. The summed E-state index contributed by atoms with van der Waals surface area (Å²) in [6.07, 6.45) is -0.661. The number of carbonyl (C=O) groups excluding carboxylic acids is 2. The molecule has 1 aliphatic heterocycles. The molecule has 4 rings (SSSR count). The van der Waals surface area contributed by atoms with Gasteiger partial charge in [-0.3, -0.25) is 9.59 Å². The van der Waals surface area contributed by atoms with E-state index < -0.39 is 28.9 Å². The summed E-state index contributed by atoms with van der Waals surface area (Å²) < 4.78 is 5.61. The summed E-state index contributed by atoms with van der Waals surface area (Å²) >= 11 is 0. The first-order valence-electron chi connectivity index (χ1n) is 11.1. The van der Waals surface area contributed by atoms with E-state index in [1.54, 1.807) is 6.92 Å². The van der Waals surface area contributed by atoms with Crippen LogP contribution in [0.5, 0.6) is 0 Å². The minimum absolute atomic E-state index is 0.0707. The topological polar surface area (TPSA) is 95.9 Å². The number of nitrogens with one attached hydrogen (secondary N) is 1. The van der Waals surface area contributed by atoms with E-state index in [-0.39, 0.29) is 31.5 Å². The van der Waals surface area contributed by atoms with E-state index in [9.17, 15) is 19.5 Å². The largest absolute Gasteiger partial charge is 0.481 e. The molecule has 0 unspecified atom stereocenters. The number of ether oxygens (including phenoxy) is 1. The molecule has 2 N–H and O–H groups in total. The zero-order valence-corrected chi connectivity index (χ0v) is 19.4. The van der Waals surface area contributed by atoms with Gasteiger partial charge >= 0.3 is 12.1 Å². The molecule has 2 aromatic carbocycles. The Labute approximate surface area is 193 Å². The molecule has 1 saturated heterocycles. The average Bonchev–Trinajstić information content (AvgIpc) is 3.06. The quantitative estimate of drug-likeness (QED) is 0.721.